The largest absolute Gasteiger partial charge is 0.394 e. The number of aliphatic hydroxyl groups is 1. The van der Waals surface area contributed by atoms with Gasteiger partial charge in [0.25, 0.3) is 0 Å². The number of aliphatic hydroxyl groups excluding tert-OH is 1. The Balaban J connectivity index is 1.63. The summed E-state index contributed by atoms with van der Waals surface area (Å²) in [5.41, 5.74) is 0.988. The third kappa shape index (κ3) is 3.73. The fourth-order valence-corrected chi connectivity index (χ4v) is 8.21. The van der Waals surface area contributed by atoms with Gasteiger partial charge in [-0.15, -0.1) is 11.8 Å². The van der Waals surface area contributed by atoms with Crippen molar-refractivity contribution in [2.24, 2.45) is 11.8 Å². The van der Waals surface area contributed by atoms with Gasteiger partial charge in [0.2, 0.25) is 17.7 Å². The average molecular weight is 496 g/mol. The quantitative estimate of drug-likeness (QED) is 0.630. The molecule has 4 heterocycles. The van der Waals surface area contributed by atoms with Crippen molar-refractivity contribution >= 4 is 29.5 Å². The van der Waals surface area contributed by atoms with Crippen LogP contribution in [0.2, 0.25) is 0 Å². The molecule has 8 heteroatoms. The lowest BCUT2D eigenvalue weighted by atomic mass is 9.78. The zero-order chi connectivity index (χ0) is 24.9. The van der Waals surface area contributed by atoms with Crippen molar-refractivity contribution in [1.29, 1.82) is 0 Å². The molecule has 5 rings (SSSR count). The highest BCUT2D eigenvalue weighted by molar-refractivity contribution is 8.02. The Hall–Kier alpha value is -2.58. The summed E-state index contributed by atoms with van der Waals surface area (Å²) in [4.78, 5) is 47.0. The predicted octanol–water partition coefficient (Wildman–Crippen LogP) is 1.72. The van der Waals surface area contributed by atoms with Gasteiger partial charge in [-0.1, -0.05) is 54.6 Å². The first-order valence-corrected chi connectivity index (χ1v) is 13.2. The molecule has 0 aromatic heterocycles. The summed E-state index contributed by atoms with van der Waals surface area (Å²) < 4.78 is -0.852. The van der Waals surface area contributed by atoms with Gasteiger partial charge in [0.1, 0.15) is 6.04 Å². The zero-order valence-corrected chi connectivity index (χ0v) is 21.2. The molecule has 2 saturated heterocycles. The lowest BCUT2D eigenvalue weighted by molar-refractivity contribution is -0.147. The molecule has 4 aliphatic rings. The van der Waals surface area contributed by atoms with Gasteiger partial charge < -0.3 is 19.8 Å². The topological polar surface area (TPSA) is 81.2 Å². The minimum atomic E-state index is -0.852. The van der Waals surface area contributed by atoms with Crippen LogP contribution in [0.4, 0.5) is 0 Å². The summed E-state index contributed by atoms with van der Waals surface area (Å²) in [5, 5.41) is 10.3. The van der Waals surface area contributed by atoms with Crippen LogP contribution in [0.5, 0.6) is 0 Å². The van der Waals surface area contributed by atoms with E-state index < -0.39 is 28.7 Å². The summed E-state index contributed by atoms with van der Waals surface area (Å²) in [5.74, 6) is -1.57. The van der Waals surface area contributed by atoms with Crippen molar-refractivity contribution in [1.82, 2.24) is 14.7 Å². The Morgan fingerprint density at radius 2 is 1.80 bits per heavy atom. The molecule has 1 unspecified atom stereocenters. The van der Waals surface area contributed by atoms with Gasteiger partial charge in [0.05, 0.1) is 29.2 Å². The van der Waals surface area contributed by atoms with Crippen LogP contribution in [0.25, 0.3) is 0 Å². The van der Waals surface area contributed by atoms with Gasteiger partial charge in [-0.25, -0.2) is 0 Å². The molecule has 2 fully saturated rings. The molecule has 0 aliphatic carbocycles. The third-order valence-electron chi connectivity index (χ3n) is 7.87. The molecule has 35 heavy (non-hydrogen) atoms. The fraction of sp³-hybridized carbons (Fsp3) is 0.519. The number of likely N-dealkylation sites (tertiary alicyclic amines) is 1. The van der Waals surface area contributed by atoms with Crippen molar-refractivity contribution in [3.63, 3.8) is 0 Å². The average Bonchev–Trinajstić information content (AvgIpc) is 3.17. The molecule has 1 aromatic rings. The summed E-state index contributed by atoms with van der Waals surface area (Å²) in [7, 11) is 1.76. The minimum absolute atomic E-state index is 0.0375. The smallest absolute Gasteiger partial charge is 0.247 e. The highest BCUT2D eigenvalue weighted by Crippen LogP contribution is 2.61. The van der Waals surface area contributed by atoms with E-state index in [4.69, 9.17) is 0 Å². The van der Waals surface area contributed by atoms with E-state index >= 15 is 0 Å². The van der Waals surface area contributed by atoms with E-state index in [2.05, 4.69) is 0 Å². The number of fused-ring (bicyclic) bond motifs is 2. The monoisotopic (exact) mass is 495 g/mol. The molecule has 0 saturated carbocycles. The second-order valence-corrected chi connectivity index (χ2v) is 11.7. The van der Waals surface area contributed by atoms with Gasteiger partial charge in [-0.3, -0.25) is 14.4 Å². The van der Waals surface area contributed by atoms with E-state index in [9.17, 15) is 19.5 Å². The number of nitrogens with zero attached hydrogens (tertiary/aromatic N) is 3. The van der Waals surface area contributed by atoms with Gasteiger partial charge in [0.15, 0.2) is 0 Å². The number of hydrogen-bond donors (Lipinski definition) is 1. The number of likely N-dealkylation sites (N-methyl/N-ethyl adjacent to an activating group) is 1. The number of carbonyl (C=O) groups is 3. The van der Waals surface area contributed by atoms with E-state index in [1.54, 1.807) is 33.5 Å². The van der Waals surface area contributed by atoms with Gasteiger partial charge in [-0.05, 0) is 25.8 Å². The first-order valence-electron chi connectivity index (χ1n) is 12.3. The molecule has 1 spiro atoms. The SMILES string of the molecule is CC(C)N1CC=C[C@]23S[C@@H]4C=CCN(C)C(=O)[C@@H]4[C@H]2C(=O)N([C@@H](CO)Cc2ccccc2)C3C1=O. The lowest BCUT2D eigenvalue weighted by Crippen LogP contribution is -2.57. The van der Waals surface area contributed by atoms with E-state index in [1.807, 2.05) is 68.5 Å². The molecule has 1 aromatic carbocycles. The fourth-order valence-electron chi connectivity index (χ4n) is 6.22. The second kappa shape index (κ2) is 9.13. The van der Waals surface area contributed by atoms with E-state index in [0.29, 0.717) is 19.5 Å². The molecular formula is C27H33N3O4S. The second-order valence-electron chi connectivity index (χ2n) is 10.2. The van der Waals surface area contributed by atoms with Crippen molar-refractivity contribution in [2.75, 3.05) is 26.7 Å². The van der Waals surface area contributed by atoms with E-state index in [1.165, 1.54) is 0 Å². The third-order valence-corrected chi connectivity index (χ3v) is 9.61. The number of rotatable bonds is 5. The maximum Gasteiger partial charge on any atom is 0.247 e. The van der Waals surface area contributed by atoms with Crippen LogP contribution in [0.15, 0.2) is 54.6 Å². The van der Waals surface area contributed by atoms with E-state index in [-0.39, 0.29) is 35.6 Å². The Bertz CT molecular complexity index is 1070. The van der Waals surface area contributed by atoms with Crippen LogP contribution in [0, 0.1) is 11.8 Å². The van der Waals surface area contributed by atoms with Crippen LogP contribution in [0.1, 0.15) is 19.4 Å². The van der Waals surface area contributed by atoms with Crippen LogP contribution >= 0.6 is 11.8 Å². The first kappa shape index (κ1) is 24.1. The molecule has 7 nitrogen and oxygen atoms in total. The number of benzene rings is 1. The minimum Gasteiger partial charge on any atom is -0.394 e. The first-order chi connectivity index (χ1) is 16.8. The van der Waals surface area contributed by atoms with Gasteiger partial charge in [-0.2, -0.15) is 0 Å². The number of carbonyl (C=O) groups excluding carboxylic acids is 3. The maximum absolute atomic E-state index is 14.3. The van der Waals surface area contributed by atoms with E-state index in [0.717, 1.165) is 5.56 Å². The number of thioether (sulfide) groups is 1. The lowest BCUT2D eigenvalue weighted by Gasteiger charge is -2.39. The van der Waals surface area contributed by atoms with Gasteiger partial charge >= 0.3 is 0 Å². The van der Waals surface area contributed by atoms with Crippen LogP contribution in [0.3, 0.4) is 0 Å². The van der Waals surface area contributed by atoms with Crippen molar-refractivity contribution < 1.29 is 19.5 Å². The van der Waals surface area contributed by atoms with Crippen LogP contribution in [-0.2, 0) is 20.8 Å². The summed E-state index contributed by atoms with van der Waals surface area (Å²) >= 11 is 1.58. The maximum atomic E-state index is 14.3. The highest BCUT2D eigenvalue weighted by Gasteiger charge is 2.71. The molecular weight excluding hydrogens is 462 g/mol. The van der Waals surface area contributed by atoms with Crippen molar-refractivity contribution in [2.45, 2.75) is 48.4 Å². The Morgan fingerprint density at radius 3 is 2.49 bits per heavy atom. The summed E-state index contributed by atoms with van der Waals surface area (Å²) in [6, 6.07) is 8.35. The molecule has 4 aliphatic heterocycles. The zero-order valence-electron chi connectivity index (χ0n) is 20.4. The standard InChI is InChI=1S/C27H33N3O4S/c1-17(2)29-14-8-12-27-22(21-20(35-27)11-7-13-28(3)24(21)32)25(33)30(23(27)26(29)34)19(16-31)15-18-9-5-4-6-10-18/h4-12,17,19-23,31H,13-16H2,1-3H3/t19-,20-,21+,22+,23?,27+/m1/s1. The molecule has 0 bridgehead atoms. The van der Waals surface area contributed by atoms with Crippen LogP contribution < -0.4 is 0 Å². The molecule has 6 atom stereocenters. The highest BCUT2D eigenvalue weighted by atomic mass is 32.2. The normalized spacial score (nSPS) is 33.1. The Labute approximate surface area is 210 Å². The number of amides is 3. The molecule has 3 amide bonds. The van der Waals surface area contributed by atoms with Crippen LogP contribution in [-0.4, -0.2) is 92.4 Å². The molecule has 0 radical (unpaired) electrons. The Morgan fingerprint density at radius 1 is 1.06 bits per heavy atom. The number of hydrogen-bond acceptors (Lipinski definition) is 5. The molecule has 1 N–H and O–H groups in total. The van der Waals surface area contributed by atoms with Crippen molar-refractivity contribution in [3.05, 3.63) is 60.2 Å². The van der Waals surface area contributed by atoms with Gasteiger partial charge in [0, 0.05) is 31.4 Å². The Kier molecular flexibility index (Phi) is 6.30. The van der Waals surface area contributed by atoms with Crippen molar-refractivity contribution in [3.8, 4) is 0 Å². The summed E-state index contributed by atoms with van der Waals surface area (Å²) in [6.07, 6.45) is 8.48. The predicted molar refractivity (Wildman–Crippen MR) is 136 cm³/mol. The summed E-state index contributed by atoms with van der Waals surface area (Å²) in [6.45, 7) is 4.67. The molecule has 186 valence electrons.